The third kappa shape index (κ3) is 3.52. The van der Waals surface area contributed by atoms with Gasteiger partial charge >= 0.3 is 0 Å². The first-order valence-corrected chi connectivity index (χ1v) is 8.82. The number of hydrogen-bond donors (Lipinski definition) is 1. The largest absolute Gasteiger partial charge is 0.493 e. The van der Waals surface area contributed by atoms with Gasteiger partial charge in [0.1, 0.15) is 17.3 Å². The van der Waals surface area contributed by atoms with Crippen LogP contribution < -0.4 is 10.1 Å². The molecule has 6 heteroatoms. The number of carbonyl (C=O) groups is 1. The number of rotatable bonds is 5. The van der Waals surface area contributed by atoms with E-state index >= 15 is 0 Å². The summed E-state index contributed by atoms with van der Waals surface area (Å²) in [5.74, 6) is 0.0453. The topological polar surface area (TPSA) is 56.2 Å². The molecule has 0 saturated carbocycles. The van der Waals surface area contributed by atoms with E-state index in [4.69, 9.17) is 4.74 Å². The fraction of sp³-hybridized carbons (Fsp3) is 0.474. The molecule has 0 radical (unpaired) electrons. The van der Waals surface area contributed by atoms with E-state index in [2.05, 4.69) is 24.3 Å². The van der Waals surface area contributed by atoms with Crippen LogP contribution in [0.4, 0.5) is 4.39 Å². The molecule has 0 aliphatic carbocycles. The molecule has 1 amide bonds. The van der Waals surface area contributed by atoms with E-state index in [1.54, 1.807) is 12.1 Å². The summed E-state index contributed by atoms with van der Waals surface area (Å²) in [4.78, 5) is 12.7. The van der Waals surface area contributed by atoms with Gasteiger partial charge in [-0.15, -0.1) is 0 Å². The van der Waals surface area contributed by atoms with Crippen LogP contribution in [0.3, 0.4) is 0 Å². The van der Waals surface area contributed by atoms with Crippen LogP contribution >= 0.6 is 0 Å². The van der Waals surface area contributed by atoms with E-state index in [0.717, 1.165) is 18.5 Å². The SMILES string of the molecule is CCC(CC)n1nc(C(=O)NC2CCOc3ccc(F)cc32)cc1C. The molecule has 1 aromatic heterocycles. The summed E-state index contributed by atoms with van der Waals surface area (Å²) in [6, 6.07) is 6.22. The second kappa shape index (κ2) is 7.25. The minimum absolute atomic E-state index is 0.241. The van der Waals surface area contributed by atoms with Gasteiger partial charge in [0.15, 0.2) is 0 Å². The second-order valence-corrected chi connectivity index (χ2v) is 6.43. The molecule has 1 aliphatic heterocycles. The number of ether oxygens (including phenoxy) is 1. The lowest BCUT2D eigenvalue weighted by molar-refractivity contribution is 0.0918. The Kier molecular flexibility index (Phi) is 5.06. The van der Waals surface area contributed by atoms with Gasteiger partial charge in [-0.05, 0) is 44.0 Å². The third-order valence-electron chi connectivity index (χ3n) is 4.76. The number of hydrogen-bond acceptors (Lipinski definition) is 3. The number of halogens is 1. The van der Waals surface area contributed by atoms with Crippen LogP contribution in [0.2, 0.25) is 0 Å². The Labute approximate surface area is 147 Å². The van der Waals surface area contributed by atoms with Gasteiger partial charge in [0, 0.05) is 17.7 Å². The minimum atomic E-state index is -0.336. The number of fused-ring (bicyclic) bond motifs is 1. The maximum Gasteiger partial charge on any atom is 0.272 e. The molecule has 2 heterocycles. The molecule has 25 heavy (non-hydrogen) atoms. The van der Waals surface area contributed by atoms with Gasteiger partial charge in [0.2, 0.25) is 0 Å². The van der Waals surface area contributed by atoms with Crippen LogP contribution in [-0.2, 0) is 0 Å². The second-order valence-electron chi connectivity index (χ2n) is 6.43. The van der Waals surface area contributed by atoms with Crippen molar-refractivity contribution in [1.29, 1.82) is 0 Å². The van der Waals surface area contributed by atoms with Crippen molar-refractivity contribution in [3.8, 4) is 5.75 Å². The molecule has 0 spiro atoms. The Balaban J connectivity index is 1.80. The average Bonchev–Trinajstić information content (AvgIpc) is 2.99. The van der Waals surface area contributed by atoms with Gasteiger partial charge in [-0.25, -0.2) is 4.39 Å². The molecule has 1 aliphatic rings. The lowest BCUT2D eigenvalue weighted by Gasteiger charge is -2.26. The van der Waals surface area contributed by atoms with Crippen LogP contribution in [0.1, 0.15) is 66.9 Å². The Morgan fingerprint density at radius 1 is 1.40 bits per heavy atom. The predicted octanol–water partition coefficient (Wildman–Crippen LogP) is 3.95. The Morgan fingerprint density at radius 3 is 2.88 bits per heavy atom. The van der Waals surface area contributed by atoms with Crippen LogP contribution in [0, 0.1) is 12.7 Å². The molecule has 1 N–H and O–H groups in total. The molecule has 0 bridgehead atoms. The molecule has 0 saturated heterocycles. The predicted molar refractivity (Wildman–Crippen MR) is 93.3 cm³/mol. The molecule has 3 rings (SSSR count). The van der Waals surface area contributed by atoms with E-state index in [0.29, 0.717) is 36.1 Å². The van der Waals surface area contributed by atoms with E-state index in [-0.39, 0.29) is 17.8 Å². The molecule has 2 aromatic rings. The van der Waals surface area contributed by atoms with Crippen molar-refractivity contribution in [2.75, 3.05) is 6.61 Å². The van der Waals surface area contributed by atoms with E-state index < -0.39 is 0 Å². The highest BCUT2D eigenvalue weighted by Gasteiger charge is 2.25. The normalized spacial score (nSPS) is 16.4. The standard InChI is InChI=1S/C19H24FN3O2/c1-4-14(5-2)23-12(3)10-17(22-23)19(24)21-16-8-9-25-18-7-6-13(20)11-15(16)18/h6-7,10-11,14,16H,4-5,8-9H2,1-3H3,(H,21,24). The van der Waals surface area contributed by atoms with Crippen molar-refractivity contribution >= 4 is 5.91 Å². The average molecular weight is 345 g/mol. The molecule has 5 nitrogen and oxygen atoms in total. The van der Waals surface area contributed by atoms with E-state index in [9.17, 15) is 9.18 Å². The summed E-state index contributed by atoms with van der Waals surface area (Å²) in [6.45, 7) is 6.68. The summed E-state index contributed by atoms with van der Waals surface area (Å²) in [6.07, 6.45) is 2.54. The van der Waals surface area contributed by atoms with Gasteiger partial charge in [0.05, 0.1) is 18.7 Å². The summed E-state index contributed by atoms with van der Waals surface area (Å²) in [5.41, 5.74) is 2.04. The van der Waals surface area contributed by atoms with Crippen LogP contribution in [0.15, 0.2) is 24.3 Å². The molecule has 1 atom stereocenters. The smallest absolute Gasteiger partial charge is 0.272 e. The first kappa shape index (κ1) is 17.5. The number of nitrogens with zero attached hydrogens (tertiary/aromatic N) is 2. The molecular weight excluding hydrogens is 321 g/mol. The fourth-order valence-corrected chi connectivity index (χ4v) is 3.35. The van der Waals surface area contributed by atoms with Crippen molar-refractivity contribution in [2.24, 2.45) is 0 Å². The van der Waals surface area contributed by atoms with Crippen molar-refractivity contribution in [3.63, 3.8) is 0 Å². The Bertz CT molecular complexity index is 768. The number of aromatic nitrogens is 2. The lowest BCUT2D eigenvalue weighted by Crippen LogP contribution is -2.32. The zero-order valence-corrected chi connectivity index (χ0v) is 14.9. The van der Waals surface area contributed by atoms with Gasteiger partial charge in [-0.2, -0.15) is 5.10 Å². The van der Waals surface area contributed by atoms with Crippen molar-refractivity contribution < 1.29 is 13.9 Å². The number of aryl methyl sites for hydroxylation is 1. The number of benzene rings is 1. The van der Waals surface area contributed by atoms with Gasteiger partial charge in [0.25, 0.3) is 5.91 Å². The highest BCUT2D eigenvalue weighted by atomic mass is 19.1. The molecule has 134 valence electrons. The highest BCUT2D eigenvalue weighted by molar-refractivity contribution is 5.92. The first-order chi connectivity index (χ1) is 12.0. The lowest BCUT2D eigenvalue weighted by atomic mass is 10.00. The quantitative estimate of drug-likeness (QED) is 0.893. The molecule has 1 unspecified atom stereocenters. The van der Waals surface area contributed by atoms with Crippen molar-refractivity contribution in [1.82, 2.24) is 15.1 Å². The fourth-order valence-electron chi connectivity index (χ4n) is 3.35. The zero-order valence-electron chi connectivity index (χ0n) is 14.9. The Morgan fingerprint density at radius 2 is 2.16 bits per heavy atom. The van der Waals surface area contributed by atoms with Gasteiger partial charge in [-0.3, -0.25) is 9.48 Å². The first-order valence-electron chi connectivity index (χ1n) is 8.82. The van der Waals surface area contributed by atoms with E-state index in [1.165, 1.54) is 12.1 Å². The maximum atomic E-state index is 13.6. The zero-order chi connectivity index (χ0) is 18.0. The monoisotopic (exact) mass is 345 g/mol. The number of carbonyl (C=O) groups excluding carboxylic acids is 1. The van der Waals surface area contributed by atoms with Crippen molar-refractivity contribution in [2.45, 2.75) is 52.1 Å². The summed E-state index contributed by atoms with van der Waals surface area (Å²) >= 11 is 0. The molecule has 1 aromatic carbocycles. The minimum Gasteiger partial charge on any atom is -0.493 e. The summed E-state index contributed by atoms with van der Waals surface area (Å²) < 4.78 is 21.0. The summed E-state index contributed by atoms with van der Waals surface area (Å²) in [5, 5.41) is 7.46. The van der Waals surface area contributed by atoms with Gasteiger partial charge in [-0.1, -0.05) is 13.8 Å². The van der Waals surface area contributed by atoms with E-state index in [1.807, 2.05) is 11.6 Å². The van der Waals surface area contributed by atoms with Crippen LogP contribution in [0.25, 0.3) is 0 Å². The molecule has 0 fully saturated rings. The van der Waals surface area contributed by atoms with Crippen molar-refractivity contribution in [3.05, 3.63) is 47.0 Å². The maximum absolute atomic E-state index is 13.6. The number of nitrogens with one attached hydrogen (secondary N) is 1. The van der Waals surface area contributed by atoms with Crippen LogP contribution in [-0.4, -0.2) is 22.3 Å². The summed E-state index contributed by atoms with van der Waals surface area (Å²) in [7, 11) is 0. The highest BCUT2D eigenvalue weighted by Crippen LogP contribution is 2.32. The van der Waals surface area contributed by atoms with Crippen LogP contribution in [0.5, 0.6) is 5.75 Å². The number of amides is 1. The van der Waals surface area contributed by atoms with Gasteiger partial charge < -0.3 is 10.1 Å². The third-order valence-corrected chi connectivity index (χ3v) is 4.76. The molecular formula is C19H24FN3O2. The Hall–Kier alpha value is -2.37.